The number of hydrogen-bond acceptors (Lipinski definition) is 3. The van der Waals surface area contributed by atoms with Gasteiger partial charge in [0.2, 0.25) is 0 Å². The number of hydrogen-bond donors (Lipinski definition) is 2. The molecule has 0 saturated heterocycles. The molecule has 0 aliphatic heterocycles. The molecule has 5 nitrogen and oxygen atoms in total. The van der Waals surface area contributed by atoms with E-state index in [1.165, 1.54) is 25.5 Å². The predicted octanol–water partition coefficient (Wildman–Crippen LogP) is 2.64. The summed E-state index contributed by atoms with van der Waals surface area (Å²) in [4.78, 5) is 4.59. The predicted molar refractivity (Wildman–Crippen MR) is 96.6 cm³/mol. The molecular formula is C17H29N3O2S. The molecule has 1 aromatic carbocycles. The standard InChI is InChI=1S/C17H29N3O2S/c1-5-6-7-8-11-19-17(18-3)20-13-15-9-10-16(14(2)12-15)23(4,21)22/h9-10,12H,5-8,11,13H2,1-4H3,(H2,18,19,20). The third-order valence-electron chi connectivity index (χ3n) is 3.65. The third kappa shape index (κ3) is 7.03. The average Bonchev–Trinajstić information content (AvgIpc) is 2.49. The van der Waals surface area contributed by atoms with Crippen molar-refractivity contribution in [3.8, 4) is 0 Å². The highest BCUT2D eigenvalue weighted by Gasteiger charge is 2.10. The van der Waals surface area contributed by atoms with E-state index in [9.17, 15) is 8.42 Å². The van der Waals surface area contributed by atoms with Gasteiger partial charge in [-0.1, -0.05) is 38.3 Å². The van der Waals surface area contributed by atoms with Gasteiger partial charge in [0.25, 0.3) is 0 Å². The fraction of sp³-hybridized carbons (Fsp3) is 0.588. The largest absolute Gasteiger partial charge is 0.356 e. The van der Waals surface area contributed by atoms with E-state index in [1.54, 1.807) is 13.1 Å². The lowest BCUT2D eigenvalue weighted by atomic mass is 10.1. The van der Waals surface area contributed by atoms with Gasteiger partial charge in [-0.05, 0) is 30.5 Å². The van der Waals surface area contributed by atoms with Crippen molar-refractivity contribution < 1.29 is 8.42 Å². The second-order valence-electron chi connectivity index (χ2n) is 5.79. The second kappa shape index (κ2) is 9.55. The minimum absolute atomic E-state index is 0.389. The van der Waals surface area contributed by atoms with Crippen LogP contribution in [0.1, 0.15) is 43.7 Å². The van der Waals surface area contributed by atoms with Crippen LogP contribution in [0.2, 0.25) is 0 Å². The molecule has 0 saturated carbocycles. The number of aryl methyl sites for hydroxylation is 1. The topological polar surface area (TPSA) is 70.6 Å². The molecule has 0 amide bonds. The Kier molecular flexibility index (Phi) is 8.09. The first-order valence-corrected chi connectivity index (χ1v) is 10.0. The van der Waals surface area contributed by atoms with Crippen LogP contribution in [0.3, 0.4) is 0 Å². The Bertz CT molecular complexity index is 625. The normalized spacial score (nSPS) is 12.3. The quantitative estimate of drug-likeness (QED) is 0.434. The first-order valence-electron chi connectivity index (χ1n) is 8.12. The van der Waals surface area contributed by atoms with E-state index >= 15 is 0 Å². The average molecular weight is 340 g/mol. The summed E-state index contributed by atoms with van der Waals surface area (Å²) in [6.07, 6.45) is 6.09. The van der Waals surface area contributed by atoms with Crippen molar-refractivity contribution in [3.63, 3.8) is 0 Å². The van der Waals surface area contributed by atoms with Gasteiger partial charge in [-0.2, -0.15) is 0 Å². The number of rotatable bonds is 8. The number of nitrogens with one attached hydrogen (secondary N) is 2. The highest BCUT2D eigenvalue weighted by atomic mass is 32.2. The van der Waals surface area contributed by atoms with E-state index in [4.69, 9.17) is 0 Å². The summed E-state index contributed by atoms with van der Waals surface area (Å²) in [6, 6.07) is 5.41. The van der Waals surface area contributed by atoms with Crippen LogP contribution in [-0.2, 0) is 16.4 Å². The van der Waals surface area contributed by atoms with Gasteiger partial charge in [-0.15, -0.1) is 0 Å². The monoisotopic (exact) mass is 339 g/mol. The van der Waals surface area contributed by atoms with Crippen molar-refractivity contribution >= 4 is 15.8 Å². The molecule has 0 radical (unpaired) electrons. The van der Waals surface area contributed by atoms with Crippen LogP contribution in [0.15, 0.2) is 28.1 Å². The molecule has 0 aliphatic rings. The molecule has 0 aromatic heterocycles. The summed E-state index contributed by atoms with van der Waals surface area (Å²) in [7, 11) is -1.41. The summed E-state index contributed by atoms with van der Waals surface area (Å²) < 4.78 is 23.3. The maximum Gasteiger partial charge on any atom is 0.191 e. The summed E-state index contributed by atoms with van der Waals surface area (Å²) >= 11 is 0. The molecule has 0 heterocycles. The van der Waals surface area contributed by atoms with E-state index in [1.807, 2.05) is 19.1 Å². The number of unbranched alkanes of at least 4 members (excludes halogenated alkanes) is 3. The van der Waals surface area contributed by atoms with Crippen molar-refractivity contribution in [2.75, 3.05) is 19.8 Å². The maximum atomic E-state index is 11.6. The molecular weight excluding hydrogens is 310 g/mol. The molecule has 0 unspecified atom stereocenters. The number of benzene rings is 1. The van der Waals surface area contributed by atoms with Gasteiger partial charge in [0.1, 0.15) is 0 Å². The lowest BCUT2D eigenvalue weighted by Crippen LogP contribution is -2.37. The van der Waals surface area contributed by atoms with Crippen LogP contribution in [0.4, 0.5) is 0 Å². The lowest BCUT2D eigenvalue weighted by molar-refractivity contribution is 0.601. The Morgan fingerprint density at radius 2 is 1.91 bits per heavy atom. The van der Waals surface area contributed by atoms with Gasteiger partial charge >= 0.3 is 0 Å². The van der Waals surface area contributed by atoms with Crippen LogP contribution >= 0.6 is 0 Å². The van der Waals surface area contributed by atoms with Crippen LogP contribution in [0.25, 0.3) is 0 Å². The van der Waals surface area contributed by atoms with Gasteiger partial charge in [0, 0.05) is 26.4 Å². The van der Waals surface area contributed by atoms with Crippen LogP contribution in [-0.4, -0.2) is 34.2 Å². The summed E-state index contributed by atoms with van der Waals surface area (Å²) in [5, 5.41) is 6.54. The highest BCUT2D eigenvalue weighted by Crippen LogP contribution is 2.16. The van der Waals surface area contributed by atoms with Gasteiger partial charge in [-0.3, -0.25) is 4.99 Å². The molecule has 130 valence electrons. The van der Waals surface area contributed by atoms with Crippen molar-refractivity contribution in [1.82, 2.24) is 10.6 Å². The molecule has 0 aliphatic carbocycles. The van der Waals surface area contributed by atoms with Gasteiger partial charge in [0.15, 0.2) is 15.8 Å². The smallest absolute Gasteiger partial charge is 0.191 e. The zero-order chi connectivity index (χ0) is 17.3. The van der Waals surface area contributed by atoms with Gasteiger partial charge in [-0.25, -0.2) is 8.42 Å². The first-order chi connectivity index (χ1) is 10.9. The Labute approximate surface area is 140 Å². The van der Waals surface area contributed by atoms with E-state index in [0.717, 1.165) is 30.1 Å². The number of sulfone groups is 1. The fourth-order valence-corrected chi connectivity index (χ4v) is 3.36. The Morgan fingerprint density at radius 1 is 1.17 bits per heavy atom. The molecule has 2 N–H and O–H groups in total. The van der Waals surface area contributed by atoms with Crippen molar-refractivity contribution in [1.29, 1.82) is 0 Å². The fourth-order valence-electron chi connectivity index (χ4n) is 2.40. The summed E-state index contributed by atoms with van der Waals surface area (Å²) in [5.41, 5.74) is 1.80. The van der Waals surface area contributed by atoms with Crippen molar-refractivity contribution in [2.24, 2.45) is 4.99 Å². The van der Waals surface area contributed by atoms with Crippen LogP contribution in [0.5, 0.6) is 0 Å². The highest BCUT2D eigenvalue weighted by molar-refractivity contribution is 7.90. The molecule has 0 fully saturated rings. The van der Waals surface area contributed by atoms with E-state index in [2.05, 4.69) is 22.5 Å². The van der Waals surface area contributed by atoms with Crippen LogP contribution in [0, 0.1) is 6.92 Å². The molecule has 1 rings (SSSR count). The van der Waals surface area contributed by atoms with Crippen molar-refractivity contribution in [2.45, 2.75) is 51.0 Å². The number of aliphatic imine (C=N–C) groups is 1. The van der Waals surface area contributed by atoms with E-state index in [-0.39, 0.29) is 0 Å². The number of guanidine groups is 1. The maximum absolute atomic E-state index is 11.6. The Hall–Kier alpha value is -1.56. The Morgan fingerprint density at radius 3 is 2.48 bits per heavy atom. The summed E-state index contributed by atoms with van der Waals surface area (Å²) in [6.45, 7) is 5.54. The molecule has 0 atom stereocenters. The SMILES string of the molecule is CCCCCCNC(=NC)NCc1ccc(S(C)(=O)=O)c(C)c1. The van der Waals surface area contributed by atoms with E-state index < -0.39 is 9.84 Å². The Balaban J connectivity index is 2.51. The van der Waals surface area contributed by atoms with Crippen molar-refractivity contribution in [3.05, 3.63) is 29.3 Å². The minimum atomic E-state index is -3.16. The molecule has 23 heavy (non-hydrogen) atoms. The lowest BCUT2D eigenvalue weighted by Gasteiger charge is -2.13. The molecule has 0 spiro atoms. The number of nitrogens with zero attached hydrogens (tertiary/aromatic N) is 1. The zero-order valence-corrected chi connectivity index (χ0v) is 15.5. The zero-order valence-electron chi connectivity index (χ0n) is 14.6. The summed E-state index contributed by atoms with van der Waals surface area (Å²) in [5.74, 6) is 0.770. The van der Waals surface area contributed by atoms with Gasteiger partial charge < -0.3 is 10.6 Å². The van der Waals surface area contributed by atoms with E-state index in [0.29, 0.717) is 11.4 Å². The molecule has 6 heteroatoms. The molecule has 1 aromatic rings. The van der Waals surface area contributed by atoms with Crippen LogP contribution < -0.4 is 10.6 Å². The molecule has 0 bridgehead atoms. The van der Waals surface area contributed by atoms with Gasteiger partial charge in [0.05, 0.1) is 4.90 Å². The first kappa shape index (κ1) is 19.5. The second-order valence-corrected chi connectivity index (χ2v) is 7.77. The third-order valence-corrected chi connectivity index (χ3v) is 4.90. The minimum Gasteiger partial charge on any atom is -0.356 e.